The minimum atomic E-state index is -0.500. The molecule has 0 aromatic carbocycles. The molecule has 0 aromatic rings. The molecule has 5 heteroatoms. The van der Waals surface area contributed by atoms with E-state index in [4.69, 9.17) is 4.74 Å². The summed E-state index contributed by atoms with van der Waals surface area (Å²) in [7, 11) is 1.77. The maximum absolute atomic E-state index is 12.2. The maximum Gasteiger partial charge on any atom is 0.228 e. The molecule has 0 radical (unpaired) electrons. The van der Waals surface area contributed by atoms with Crippen LogP contribution in [-0.4, -0.2) is 73.4 Å². The maximum atomic E-state index is 12.2. The summed E-state index contributed by atoms with van der Waals surface area (Å²) in [6.07, 6.45) is 0.301. The summed E-state index contributed by atoms with van der Waals surface area (Å²) < 4.78 is 5.27. The van der Waals surface area contributed by atoms with Crippen LogP contribution in [0.15, 0.2) is 0 Å². The number of nitrogens with zero attached hydrogens (tertiary/aromatic N) is 2. The summed E-state index contributed by atoms with van der Waals surface area (Å²) in [5, 5.41) is 10.1. The SMILES string of the molecule is CCC(C)(C)C(=O)N(C)CC(O)CN1CCOCC1. The Balaban J connectivity index is 2.38. The van der Waals surface area contributed by atoms with Crippen molar-refractivity contribution in [1.29, 1.82) is 0 Å². The lowest BCUT2D eigenvalue weighted by molar-refractivity contribution is -0.140. The van der Waals surface area contributed by atoms with Crippen molar-refractivity contribution in [2.45, 2.75) is 33.3 Å². The van der Waals surface area contributed by atoms with Crippen molar-refractivity contribution in [3.05, 3.63) is 0 Å². The number of amides is 1. The highest BCUT2D eigenvalue weighted by molar-refractivity contribution is 5.81. The number of morpholine rings is 1. The molecule has 1 fully saturated rings. The van der Waals surface area contributed by atoms with Crippen molar-refractivity contribution >= 4 is 5.91 Å². The standard InChI is InChI=1S/C14H28N2O3/c1-5-14(2,3)13(18)15(4)10-12(17)11-16-6-8-19-9-7-16/h12,17H,5-11H2,1-4H3. The van der Waals surface area contributed by atoms with E-state index < -0.39 is 6.10 Å². The number of hydrogen-bond donors (Lipinski definition) is 1. The molecule has 0 bridgehead atoms. The molecule has 112 valence electrons. The first-order valence-electron chi connectivity index (χ1n) is 7.10. The van der Waals surface area contributed by atoms with Crippen molar-refractivity contribution in [2.75, 3.05) is 46.4 Å². The molecule has 19 heavy (non-hydrogen) atoms. The number of likely N-dealkylation sites (N-methyl/N-ethyl adjacent to an activating group) is 1. The van der Waals surface area contributed by atoms with Crippen LogP contribution in [0.3, 0.4) is 0 Å². The third-order valence-corrected chi connectivity index (χ3v) is 3.87. The number of rotatable bonds is 6. The lowest BCUT2D eigenvalue weighted by atomic mass is 9.88. The Morgan fingerprint density at radius 1 is 1.42 bits per heavy atom. The van der Waals surface area contributed by atoms with E-state index in [9.17, 15) is 9.90 Å². The van der Waals surface area contributed by atoms with E-state index in [-0.39, 0.29) is 11.3 Å². The van der Waals surface area contributed by atoms with Gasteiger partial charge in [-0.25, -0.2) is 0 Å². The van der Waals surface area contributed by atoms with Gasteiger partial charge in [0.25, 0.3) is 0 Å². The van der Waals surface area contributed by atoms with Crippen molar-refractivity contribution < 1.29 is 14.6 Å². The lowest BCUT2D eigenvalue weighted by Gasteiger charge is -2.32. The van der Waals surface area contributed by atoms with Gasteiger partial charge in [-0.3, -0.25) is 9.69 Å². The first kappa shape index (κ1) is 16.4. The second kappa shape index (κ2) is 7.22. The van der Waals surface area contributed by atoms with Gasteiger partial charge in [0.15, 0.2) is 0 Å². The average Bonchev–Trinajstić information content (AvgIpc) is 2.38. The van der Waals surface area contributed by atoms with Crippen LogP contribution in [0.1, 0.15) is 27.2 Å². The molecular weight excluding hydrogens is 244 g/mol. The molecule has 1 N–H and O–H groups in total. The first-order valence-corrected chi connectivity index (χ1v) is 7.10. The Morgan fingerprint density at radius 2 is 2.00 bits per heavy atom. The molecule has 1 atom stereocenters. The molecule has 0 spiro atoms. The van der Waals surface area contributed by atoms with Crippen LogP contribution >= 0.6 is 0 Å². The Labute approximate surface area is 116 Å². The predicted molar refractivity (Wildman–Crippen MR) is 75.0 cm³/mol. The average molecular weight is 272 g/mol. The fraction of sp³-hybridized carbons (Fsp3) is 0.929. The van der Waals surface area contributed by atoms with Crippen molar-refractivity contribution in [3.63, 3.8) is 0 Å². The van der Waals surface area contributed by atoms with Crippen molar-refractivity contribution in [3.8, 4) is 0 Å². The van der Waals surface area contributed by atoms with Gasteiger partial charge < -0.3 is 14.7 Å². The highest BCUT2D eigenvalue weighted by Crippen LogP contribution is 2.22. The summed E-state index contributed by atoms with van der Waals surface area (Å²) >= 11 is 0. The van der Waals surface area contributed by atoms with Crippen LogP contribution in [0.2, 0.25) is 0 Å². The van der Waals surface area contributed by atoms with Gasteiger partial charge in [0, 0.05) is 38.6 Å². The van der Waals surface area contributed by atoms with Crippen LogP contribution in [-0.2, 0) is 9.53 Å². The van der Waals surface area contributed by atoms with Gasteiger partial charge in [0.1, 0.15) is 0 Å². The molecular formula is C14H28N2O3. The van der Waals surface area contributed by atoms with E-state index >= 15 is 0 Å². The predicted octanol–water partition coefficient (Wildman–Crippen LogP) is 0.574. The summed E-state index contributed by atoms with van der Waals surface area (Å²) in [5.41, 5.74) is -0.354. The third kappa shape index (κ3) is 5.09. The fourth-order valence-electron chi connectivity index (χ4n) is 2.21. The van der Waals surface area contributed by atoms with E-state index in [2.05, 4.69) is 4.90 Å². The number of aliphatic hydroxyl groups is 1. The number of β-amino-alcohol motifs (C(OH)–C–C–N with tert-alkyl or cyclic N) is 1. The molecule has 5 nitrogen and oxygen atoms in total. The highest BCUT2D eigenvalue weighted by Gasteiger charge is 2.29. The van der Waals surface area contributed by atoms with Crippen LogP contribution in [0.25, 0.3) is 0 Å². The second-order valence-corrected chi connectivity index (χ2v) is 5.99. The zero-order chi connectivity index (χ0) is 14.5. The first-order chi connectivity index (χ1) is 8.86. The van der Waals surface area contributed by atoms with Gasteiger partial charge in [-0.1, -0.05) is 20.8 Å². The molecule has 1 heterocycles. The Morgan fingerprint density at radius 3 is 2.53 bits per heavy atom. The molecule has 1 rings (SSSR count). The Hall–Kier alpha value is -0.650. The molecule has 1 saturated heterocycles. The molecule has 0 aliphatic carbocycles. The number of hydrogen-bond acceptors (Lipinski definition) is 4. The van der Waals surface area contributed by atoms with Crippen LogP contribution in [0.4, 0.5) is 0 Å². The zero-order valence-electron chi connectivity index (χ0n) is 12.7. The van der Waals surface area contributed by atoms with Gasteiger partial charge in [-0.15, -0.1) is 0 Å². The summed E-state index contributed by atoms with van der Waals surface area (Å²) in [4.78, 5) is 16.0. The van der Waals surface area contributed by atoms with E-state index in [0.29, 0.717) is 13.1 Å². The van der Waals surface area contributed by atoms with Crippen LogP contribution in [0.5, 0.6) is 0 Å². The van der Waals surface area contributed by atoms with Gasteiger partial charge in [0.05, 0.1) is 19.3 Å². The minimum absolute atomic E-state index is 0.0935. The van der Waals surface area contributed by atoms with Gasteiger partial charge in [0.2, 0.25) is 5.91 Å². The van der Waals surface area contributed by atoms with Crippen LogP contribution < -0.4 is 0 Å². The Bertz CT molecular complexity index is 288. The topological polar surface area (TPSA) is 53.0 Å². The fourth-order valence-corrected chi connectivity index (χ4v) is 2.21. The Kier molecular flexibility index (Phi) is 6.23. The third-order valence-electron chi connectivity index (χ3n) is 3.87. The summed E-state index contributed by atoms with van der Waals surface area (Å²) in [5.74, 6) is 0.0935. The molecule has 1 aliphatic rings. The monoisotopic (exact) mass is 272 g/mol. The number of aliphatic hydroxyl groups excluding tert-OH is 1. The minimum Gasteiger partial charge on any atom is -0.390 e. The zero-order valence-corrected chi connectivity index (χ0v) is 12.7. The van der Waals surface area contributed by atoms with Crippen molar-refractivity contribution in [2.24, 2.45) is 5.41 Å². The second-order valence-electron chi connectivity index (χ2n) is 5.99. The summed E-state index contributed by atoms with van der Waals surface area (Å²) in [6.45, 7) is 10.1. The largest absolute Gasteiger partial charge is 0.390 e. The van der Waals surface area contributed by atoms with E-state index in [1.165, 1.54) is 0 Å². The highest BCUT2D eigenvalue weighted by atomic mass is 16.5. The van der Waals surface area contributed by atoms with E-state index in [1.54, 1.807) is 11.9 Å². The van der Waals surface area contributed by atoms with E-state index in [0.717, 1.165) is 32.7 Å². The number of carbonyl (C=O) groups excluding carboxylic acids is 1. The van der Waals surface area contributed by atoms with Gasteiger partial charge in [-0.2, -0.15) is 0 Å². The quantitative estimate of drug-likeness (QED) is 0.768. The smallest absolute Gasteiger partial charge is 0.228 e. The van der Waals surface area contributed by atoms with Gasteiger partial charge >= 0.3 is 0 Å². The molecule has 1 unspecified atom stereocenters. The summed E-state index contributed by atoms with van der Waals surface area (Å²) in [6, 6.07) is 0. The van der Waals surface area contributed by atoms with E-state index in [1.807, 2.05) is 20.8 Å². The molecule has 0 saturated carbocycles. The van der Waals surface area contributed by atoms with Crippen molar-refractivity contribution in [1.82, 2.24) is 9.80 Å². The molecule has 1 aliphatic heterocycles. The molecule has 0 aromatic heterocycles. The normalized spacial score (nSPS) is 19.2. The molecule has 1 amide bonds. The number of carbonyl (C=O) groups is 1. The van der Waals surface area contributed by atoms with Gasteiger partial charge in [-0.05, 0) is 6.42 Å². The number of ether oxygens (including phenoxy) is 1. The van der Waals surface area contributed by atoms with Crippen LogP contribution in [0, 0.1) is 5.41 Å². The lowest BCUT2D eigenvalue weighted by Crippen LogP contribution is -2.47.